The highest BCUT2D eigenvalue weighted by molar-refractivity contribution is 9.10. The van der Waals surface area contributed by atoms with E-state index in [-0.39, 0.29) is 5.75 Å². The van der Waals surface area contributed by atoms with Crippen molar-refractivity contribution in [1.29, 1.82) is 0 Å². The number of halogens is 1. The first-order valence-electron chi connectivity index (χ1n) is 4.87. The molecule has 1 aliphatic rings. The molecule has 1 fully saturated rings. The van der Waals surface area contributed by atoms with Crippen molar-refractivity contribution in [2.75, 3.05) is 6.61 Å². The summed E-state index contributed by atoms with van der Waals surface area (Å²) in [6.45, 7) is 0.731. The van der Waals surface area contributed by atoms with Crippen molar-refractivity contribution in [3.8, 4) is 11.5 Å². The Hall–Kier alpha value is -0.700. The Morgan fingerprint density at radius 1 is 1.43 bits per heavy atom. The van der Waals surface area contributed by atoms with Gasteiger partial charge in [0.2, 0.25) is 0 Å². The zero-order valence-electron chi connectivity index (χ0n) is 7.87. The van der Waals surface area contributed by atoms with Crippen LogP contribution >= 0.6 is 15.9 Å². The van der Waals surface area contributed by atoms with Crippen LogP contribution in [-0.2, 0) is 0 Å². The number of benzene rings is 1. The quantitative estimate of drug-likeness (QED) is 0.899. The number of hydrogen-bond acceptors (Lipinski definition) is 2. The lowest BCUT2D eigenvalue weighted by atomic mass is 9.86. The third-order valence-corrected chi connectivity index (χ3v) is 3.11. The number of hydrogen-bond donors (Lipinski definition) is 1. The molecule has 3 heteroatoms. The van der Waals surface area contributed by atoms with Gasteiger partial charge in [-0.3, -0.25) is 0 Å². The van der Waals surface area contributed by atoms with E-state index in [0.29, 0.717) is 11.7 Å². The van der Waals surface area contributed by atoms with Gasteiger partial charge in [0.05, 0.1) is 6.61 Å². The van der Waals surface area contributed by atoms with Crippen LogP contribution < -0.4 is 4.74 Å². The molecule has 0 aromatic heterocycles. The molecule has 2 rings (SSSR count). The molecule has 1 saturated carbocycles. The molecule has 0 saturated heterocycles. The Kier molecular flexibility index (Phi) is 2.96. The SMILES string of the molecule is Oc1cc(Br)ccc1OCC1CCC1. The molecule has 1 N–H and O–H groups in total. The normalized spacial score (nSPS) is 16.4. The highest BCUT2D eigenvalue weighted by Crippen LogP contribution is 2.32. The van der Waals surface area contributed by atoms with E-state index in [1.165, 1.54) is 19.3 Å². The summed E-state index contributed by atoms with van der Waals surface area (Å²) >= 11 is 3.29. The van der Waals surface area contributed by atoms with Gasteiger partial charge < -0.3 is 9.84 Å². The Labute approximate surface area is 92.0 Å². The second kappa shape index (κ2) is 4.22. The number of ether oxygens (including phenoxy) is 1. The van der Waals surface area contributed by atoms with Crippen molar-refractivity contribution in [1.82, 2.24) is 0 Å². The van der Waals surface area contributed by atoms with Crippen LogP contribution in [0, 0.1) is 5.92 Å². The van der Waals surface area contributed by atoms with E-state index in [0.717, 1.165) is 11.1 Å². The minimum atomic E-state index is 0.207. The smallest absolute Gasteiger partial charge is 0.160 e. The van der Waals surface area contributed by atoms with E-state index in [9.17, 15) is 5.11 Å². The summed E-state index contributed by atoms with van der Waals surface area (Å²) in [5.41, 5.74) is 0. The molecule has 76 valence electrons. The molecule has 0 unspecified atom stereocenters. The highest BCUT2D eigenvalue weighted by atomic mass is 79.9. The number of phenolic OH excluding ortho intramolecular Hbond substituents is 1. The molecule has 1 aliphatic carbocycles. The van der Waals surface area contributed by atoms with Gasteiger partial charge in [-0.15, -0.1) is 0 Å². The molecular weight excluding hydrogens is 244 g/mol. The van der Waals surface area contributed by atoms with Crippen LogP contribution in [0.2, 0.25) is 0 Å². The molecule has 0 bridgehead atoms. The molecule has 0 radical (unpaired) electrons. The van der Waals surface area contributed by atoms with Crippen LogP contribution in [0.4, 0.5) is 0 Å². The zero-order chi connectivity index (χ0) is 9.97. The number of aromatic hydroxyl groups is 1. The number of phenols is 1. The average Bonchev–Trinajstić information content (AvgIpc) is 2.05. The third-order valence-electron chi connectivity index (χ3n) is 2.62. The molecule has 0 amide bonds. The molecule has 14 heavy (non-hydrogen) atoms. The van der Waals surface area contributed by atoms with E-state index >= 15 is 0 Å². The van der Waals surface area contributed by atoms with Gasteiger partial charge in [0.1, 0.15) is 0 Å². The summed E-state index contributed by atoms with van der Waals surface area (Å²) in [7, 11) is 0. The van der Waals surface area contributed by atoms with Gasteiger partial charge in [0, 0.05) is 4.47 Å². The van der Waals surface area contributed by atoms with Gasteiger partial charge in [0.15, 0.2) is 11.5 Å². The lowest BCUT2D eigenvalue weighted by Crippen LogP contribution is -2.19. The van der Waals surface area contributed by atoms with E-state index in [1.54, 1.807) is 12.1 Å². The van der Waals surface area contributed by atoms with Crippen LogP contribution in [0.1, 0.15) is 19.3 Å². The Balaban J connectivity index is 1.94. The van der Waals surface area contributed by atoms with Gasteiger partial charge in [-0.1, -0.05) is 22.4 Å². The molecule has 0 heterocycles. The molecular formula is C11H13BrO2. The Bertz CT molecular complexity index is 321. The van der Waals surface area contributed by atoms with Crippen molar-refractivity contribution in [3.63, 3.8) is 0 Å². The van der Waals surface area contributed by atoms with Crippen LogP contribution in [0.5, 0.6) is 11.5 Å². The third kappa shape index (κ3) is 2.21. The predicted octanol–water partition coefficient (Wildman–Crippen LogP) is 3.33. The molecule has 1 aromatic rings. The lowest BCUT2D eigenvalue weighted by molar-refractivity contribution is 0.176. The molecule has 0 aliphatic heterocycles. The largest absolute Gasteiger partial charge is 0.504 e. The Morgan fingerprint density at radius 3 is 2.79 bits per heavy atom. The van der Waals surface area contributed by atoms with Crippen LogP contribution in [-0.4, -0.2) is 11.7 Å². The summed E-state index contributed by atoms with van der Waals surface area (Å²) < 4.78 is 6.39. The zero-order valence-corrected chi connectivity index (χ0v) is 9.46. The molecule has 1 aromatic carbocycles. The van der Waals surface area contributed by atoms with Crippen molar-refractivity contribution in [3.05, 3.63) is 22.7 Å². The van der Waals surface area contributed by atoms with E-state index in [4.69, 9.17) is 4.74 Å². The van der Waals surface area contributed by atoms with Crippen molar-refractivity contribution in [2.24, 2.45) is 5.92 Å². The topological polar surface area (TPSA) is 29.5 Å². The van der Waals surface area contributed by atoms with Crippen molar-refractivity contribution < 1.29 is 9.84 Å². The van der Waals surface area contributed by atoms with Crippen molar-refractivity contribution in [2.45, 2.75) is 19.3 Å². The monoisotopic (exact) mass is 256 g/mol. The van der Waals surface area contributed by atoms with E-state index in [2.05, 4.69) is 15.9 Å². The van der Waals surface area contributed by atoms with Crippen LogP contribution in [0.25, 0.3) is 0 Å². The highest BCUT2D eigenvalue weighted by Gasteiger charge is 2.18. The first-order chi connectivity index (χ1) is 6.75. The molecule has 0 spiro atoms. The average molecular weight is 257 g/mol. The lowest BCUT2D eigenvalue weighted by Gasteiger charge is -2.25. The second-order valence-electron chi connectivity index (χ2n) is 3.72. The van der Waals surface area contributed by atoms with Gasteiger partial charge in [-0.2, -0.15) is 0 Å². The predicted molar refractivity (Wildman–Crippen MR) is 58.6 cm³/mol. The molecule has 0 atom stereocenters. The summed E-state index contributed by atoms with van der Waals surface area (Å²) in [4.78, 5) is 0. The summed E-state index contributed by atoms with van der Waals surface area (Å²) in [6, 6.07) is 5.31. The maximum absolute atomic E-state index is 9.54. The first-order valence-corrected chi connectivity index (χ1v) is 5.66. The Morgan fingerprint density at radius 2 is 2.21 bits per heavy atom. The van der Waals surface area contributed by atoms with E-state index in [1.807, 2.05) is 6.07 Å². The fraction of sp³-hybridized carbons (Fsp3) is 0.455. The maximum atomic E-state index is 9.54. The van der Waals surface area contributed by atoms with Gasteiger partial charge >= 0.3 is 0 Å². The molecule has 2 nitrogen and oxygen atoms in total. The van der Waals surface area contributed by atoms with Crippen LogP contribution in [0.3, 0.4) is 0 Å². The van der Waals surface area contributed by atoms with Gasteiger partial charge in [0.25, 0.3) is 0 Å². The van der Waals surface area contributed by atoms with Gasteiger partial charge in [-0.05, 0) is 37.0 Å². The van der Waals surface area contributed by atoms with Crippen LogP contribution in [0.15, 0.2) is 22.7 Å². The standard InChI is InChI=1S/C11H13BrO2/c12-9-4-5-11(10(13)6-9)14-7-8-2-1-3-8/h4-6,8,13H,1-3,7H2. The van der Waals surface area contributed by atoms with E-state index < -0.39 is 0 Å². The minimum Gasteiger partial charge on any atom is -0.504 e. The van der Waals surface area contributed by atoms with Crippen molar-refractivity contribution >= 4 is 15.9 Å². The fourth-order valence-corrected chi connectivity index (χ4v) is 1.83. The van der Waals surface area contributed by atoms with Gasteiger partial charge in [-0.25, -0.2) is 0 Å². The summed E-state index contributed by atoms with van der Waals surface area (Å²) in [5, 5.41) is 9.54. The summed E-state index contributed by atoms with van der Waals surface area (Å²) in [5.74, 6) is 1.48. The summed E-state index contributed by atoms with van der Waals surface area (Å²) in [6.07, 6.45) is 3.84. The fourth-order valence-electron chi connectivity index (χ4n) is 1.48. The minimum absolute atomic E-state index is 0.207. The second-order valence-corrected chi connectivity index (χ2v) is 4.64. The maximum Gasteiger partial charge on any atom is 0.160 e. The first kappa shape index (κ1) is 9.84. The number of rotatable bonds is 3.